The van der Waals surface area contributed by atoms with Crippen molar-refractivity contribution < 1.29 is 47.9 Å². The molecule has 3 aliphatic heterocycles. The molecule has 2 saturated heterocycles. The highest BCUT2D eigenvalue weighted by molar-refractivity contribution is 5.99. The first kappa shape index (κ1) is 25.7. The Morgan fingerprint density at radius 1 is 1.05 bits per heavy atom. The first-order valence-electron chi connectivity index (χ1n) is 12.6. The second-order valence-corrected chi connectivity index (χ2v) is 9.78. The minimum absolute atomic E-state index is 0.0341. The van der Waals surface area contributed by atoms with E-state index < -0.39 is 46.7 Å². The van der Waals surface area contributed by atoms with Gasteiger partial charge in [-0.3, -0.25) is 9.59 Å². The molecule has 3 fully saturated rings. The third-order valence-electron chi connectivity index (χ3n) is 8.30. The molecule has 3 heterocycles. The molecular weight excluding hydrogens is 486 g/mol. The van der Waals surface area contributed by atoms with Crippen LogP contribution in [0.4, 0.5) is 0 Å². The molecule has 0 unspecified atom stereocenters. The van der Waals surface area contributed by atoms with Crippen LogP contribution < -0.4 is 9.47 Å². The third-order valence-corrected chi connectivity index (χ3v) is 8.30. The van der Waals surface area contributed by atoms with E-state index in [2.05, 4.69) is 0 Å². The molecule has 1 saturated carbocycles. The lowest BCUT2D eigenvalue weighted by atomic mass is 9.54. The van der Waals surface area contributed by atoms with Crippen molar-refractivity contribution in [2.24, 2.45) is 5.41 Å². The van der Waals surface area contributed by atoms with Gasteiger partial charge < -0.3 is 38.4 Å². The topological polar surface area (TPSA) is 130 Å². The van der Waals surface area contributed by atoms with Crippen LogP contribution in [0, 0.1) is 5.41 Å². The van der Waals surface area contributed by atoms with Crippen LogP contribution in [0.25, 0.3) is 0 Å². The molecular formula is C26H33NO10. The average Bonchev–Trinajstić information content (AvgIpc) is 3.43. The highest BCUT2D eigenvalue weighted by atomic mass is 16.7. The number of ether oxygens (including phenoxy) is 6. The molecule has 202 valence electrons. The molecule has 11 nitrogen and oxygen atoms in total. The summed E-state index contributed by atoms with van der Waals surface area (Å²) in [5, 5.41) is 11.7. The number of hydrogen-bond acceptors (Lipinski definition) is 10. The van der Waals surface area contributed by atoms with E-state index in [1.165, 1.54) is 19.1 Å². The number of fused-ring (bicyclic) bond motifs is 1. The van der Waals surface area contributed by atoms with Gasteiger partial charge in [-0.15, -0.1) is 0 Å². The number of esters is 2. The van der Waals surface area contributed by atoms with Gasteiger partial charge in [0.1, 0.15) is 11.5 Å². The van der Waals surface area contributed by atoms with Crippen LogP contribution in [0.2, 0.25) is 0 Å². The van der Waals surface area contributed by atoms with Gasteiger partial charge in [-0.05, 0) is 43.5 Å². The van der Waals surface area contributed by atoms with Gasteiger partial charge in [-0.2, -0.15) is 0 Å². The highest BCUT2D eigenvalue weighted by Gasteiger charge is 2.79. The summed E-state index contributed by atoms with van der Waals surface area (Å²) in [6.45, 7) is 4.14. The van der Waals surface area contributed by atoms with Crippen molar-refractivity contribution in [2.45, 2.75) is 63.0 Å². The predicted octanol–water partition coefficient (Wildman–Crippen LogP) is 1.07. The summed E-state index contributed by atoms with van der Waals surface area (Å²) in [4.78, 5) is 42.6. The molecule has 37 heavy (non-hydrogen) atoms. The minimum atomic E-state index is -1.82. The fourth-order valence-electron chi connectivity index (χ4n) is 6.92. The smallest absolute Gasteiger partial charge is 0.329 e. The minimum Gasteiger partial charge on any atom is -0.493 e. The summed E-state index contributed by atoms with van der Waals surface area (Å²) in [5.74, 6) is -2.43. The maximum Gasteiger partial charge on any atom is 0.329 e. The maximum atomic E-state index is 14.0. The number of carbonyl (C=O) groups is 3. The molecule has 5 rings (SSSR count). The maximum absolute atomic E-state index is 14.0. The van der Waals surface area contributed by atoms with E-state index >= 15 is 0 Å². The van der Waals surface area contributed by atoms with Crippen LogP contribution >= 0.6 is 0 Å². The van der Waals surface area contributed by atoms with Gasteiger partial charge in [0.2, 0.25) is 0 Å². The zero-order chi connectivity index (χ0) is 26.6. The van der Waals surface area contributed by atoms with Crippen LogP contribution in [0.1, 0.15) is 44.2 Å². The predicted molar refractivity (Wildman–Crippen MR) is 126 cm³/mol. The number of hydrogen-bond donors (Lipinski definition) is 1. The lowest BCUT2D eigenvalue weighted by Gasteiger charge is -2.58. The van der Waals surface area contributed by atoms with Crippen molar-refractivity contribution in [3.05, 3.63) is 23.3 Å². The number of rotatable bonds is 6. The Bertz CT molecular complexity index is 1110. The van der Waals surface area contributed by atoms with Crippen LogP contribution in [0.3, 0.4) is 0 Å². The number of carbonyl (C=O) groups excluding carboxylic acids is 3. The van der Waals surface area contributed by atoms with Gasteiger partial charge >= 0.3 is 11.9 Å². The number of methoxy groups -OCH3 is 2. The summed E-state index contributed by atoms with van der Waals surface area (Å²) in [7, 11) is 3.00. The van der Waals surface area contributed by atoms with Gasteiger partial charge in [0.15, 0.2) is 23.4 Å². The molecule has 4 aliphatic rings. The molecule has 1 N–H and O–H groups in total. The quantitative estimate of drug-likeness (QED) is 0.545. The fourth-order valence-corrected chi connectivity index (χ4v) is 6.92. The van der Waals surface area contributed by atoms with E-state index in [0.29, 0.717) is 42.3 Å². The zero-order valence-corrected chi connectivity index (χ0v) is 21.5. The van der Waals surface area contributed by atoms with Crippen LogP contribution in [0.15, 0.2) is 12.1 Å². The van der Waals surface area contributed by atoms with Crippen molar-refractivity contribution in [1.29, 1.82) is 0 Å². The molecule has 11 heteroatoms. The summed E-state index contributed by atoms with van der Waals surface area (Å²) < 4.78 is 34.0. The molecule has 0 radical (unpaired) electrons. The van der Waals surface area contributed by atoms with E-state index in [0.717, 1.165) is 0 Å². The highest BCUT2D eigenvalue weighted by Crippen LogP contribution is 2.67. The molecule has 0 aromatic heterocycles. The van der Waals surface area contributed by atoms with Gasteiger partial charge in [-0.25, -0.2) is 4.79 Å². The van der Waals surface area contributed by atoms with Gasteiger partial charge in [-0.1, -0.05) is 0 Å². The fraction of sp³-hybridized carbons (Fsp3) is 0.654. The summed E-state index contributed by atoms with van der Waals surface area (Å²) in [6.07, 6.45) is -1.30. The second-order valence-electron chi connectivity index (χ2n) is 9.78. The normalized spacial score (nSPS) is 31.4. The van der Waals surface area contributed by atoms with Crippen LogP contribution in [0.5, 0.6) is 11.5 Å². The van der Waals surface area contributed by atoms with Gasteiger partial charge in [0, 0.05) is 19.3 Å². The average molecular weight is 520 g/mol. The molecule has 1 amide bonds. The summed E-state index contributed by atoms with van der Waals surface area (Å²) in [6, 6.07) is 2.42. The number of nitrogens with zero attached hydrogens (tertiary/aromatic N) is 1. The second kappa shape index (κ2) is 9.14. The van der Waals surface area contributed by atoms with E-state index in [1.807, 2.05) is 0 Å². The van der Waals surface area contributed by atoms with Crippen molar-refractivity contribution in [2.75, 3.05) is 40.6 Å². The van der Waals surface area contributed by atoms with Gasteiger partial charge in [0.25, 0.3) is 5.91 Å². The van der Waals surface area contributed by atoms with E-state index in [9.17, 15) is 19.5 Å². The Morgan fingerprint density at radius 2 is 1.70 bits per heavy atom. The SMILES string of the molecule is CCOC(=O)[C@@H]1Cc2cc(OC)c(OC)cc2[C@]23CCC4(C[C@@]2(C(=O)OCC)[C@H](O)C(=O)N13)OCCO4. The first-order chi connectivity index (χ1) is 17.7. The number of aliphatic hydroxyl groups excluding tert-OH is 1. The standard InChI is InChI=1S/C26H33NO10/c1-5-34-22(30)17-11-15-12-18(32-3)19(33-4)13-16(15)26-8-7-24(36-9-10-37-24)14-25(26,23(31)35-6-2)20(28)21(29)27(17)26/h12-13,17,20,28H,5-11,14H2,1-4H3/t17-,20+,25-,26+/m0/s1. The molecule has 1 aromatic rings. The van der Waals surface area contributed by atoms with Crippen molar-refractivity contribution in [1.82, 2.24) is 4.90 Å². The molecule has 1 aliphatic carbocycles. The van der Waals surface area contributed by atoms with Crippen molar-refractivity contribution in [3.63, 3.8) is 0 Å². The van der Waals surface area contributed by atoms with Crippen LogP contribution in [-0.2, 0) is 45.3 Å². The monoisotopic (exact) mass is 519 g/mol. The lowest BCUT2D eigenvalue weighted by molar-refractivity contribution is -0.244. The summed E-state index contributed by atoms with van der Waals surface area (Å²) in [5.41, 5.74) is -1.98. The Kier molecular flexibility index (Phi) is 6.36. The molecule has 4 atom stereocenters. The van der Waals surface area contributed by atoms with Crippen molar-refractivity contribution >= 4 is 17.8 Å². The largest absolute Gasteiger partial charge is 0.493 e. The van der Waals surface area contributed by atoms with E-state index in [1.54, 1.807) is 26.0 Å². The Hall–Kier alpha value is -2.89. The Labute approximate surface area is 214 Å². The number of benzene rings is 1. The zero-order valence-electron chi connectivity index (χ0n) is 21.5. The number of aliphatic hydroxyl groups is 1. The lowest BCUT2D eigenvalue weighted by Crippen LogP contribution is -2.67. The number of amides is 1. The van der Waals surface area contributed by atoms with E-state index in [4.69, 9.17) is 28.4 Å². The molecule has 2 spiro atoms. The Balaban J connectivity index is 1.82. The van der Waals surface area contributed by atoms with Crippen LogP contribution in [-0.4, -0.2) is 86.4 Å². The van der Waals surface area contributed by atoms with Crippen molar-refractivity contribution in [3.8, 4) is 11.5 Å². The van der Waals surface area contributed by atoms with E-state index in [-0.39, 0.29) is 32.5 Å². The first-order valence-corrected chi connectivity index (χ1v) is 12.6. The van der Waals surface area contributed by atoms with Gasteiger partial charge in [0.05, 0.1) is 46.2 Å². The summed E-state index contributed by atoms with van der Waals surface area (Å²) >= 11 is 0. The molecule has 0 bridgehead atoms. The third kappa shape index (κ3) is 3.33. The molecule has 1 aromatic carbocycles. The Morgan fingerprint density at radius 3 is 2.32 bits per heavy atom.